The Balaban J connectivity index is 1.02. The molecule has 1 heterocycles. The molecule has 0 spiro atoms. The molecule has 5 amide bonds. The van der Waals surface area contributed by atoms with Crippen LogP contribution < -0.4 is 31.5 Å². The smallest absolute Gasteiger partial charge is 0.415 e. The van der Waals surface area contributed by atoms with Crippen LogP contribution in [0, 0.1) is 0 Å². The lowest BCUT2D eigenvalue weighted by Crippen LogP contribution is -2.47. The summed E-state index contributed by atoms with van der Waals surface area (Å²) in [4.78, 5) is 68.4. The first-order valence-electron chi connectivity index (χ1n) is 20.0. The zero-order chi connectivity index (χ0) is 42.3. The van der Waals surface area contributed by atoms with Gasteiger partial charge in [0, 0.05) is 41.1 Å². The number of ether oxygens (including phenoxy) is 2. The van der Waals surface area contributed by atoms with E-state index in [0.29, 0.717) is 35.5 Å². The van der Waals surface area contributed by atoms with Crippen molar-refractivity contribution in [3.8, 4) is 11.1 Å². The van der Waals surface area contributed by atoms with Crippen molar-refractivity contribution in [1.82, 2.24) is 5.32 Å². The van der Waals surface area contributed by atoms with E-state index in [1.807, 2.05) is 74.5 Å². The summed E-state index contributed by atoms with van der Waals surface area (Å²) in [7, 11) is 0. The fourth-order valence-corrected chi connectivity index (χ4v) is 7.86. The summed E-state index contributed by atoms with van der Waals surface area (Å²) in [5.41, 5.74) is 13.8. The molecule has 5 N–H and O–H groups in total. The first kappa shape index (κ1) is 41.2. The van der Waals surface area contributed by atoms with Crippen LogP contribution in [0.15, 0.2) is 121 Å². The third-order valence-corrected chi connectivity index (χ3v) is 10.8. The fraction of sp³-hybridized carbons (Fsp3) is 0.255. The van der Waals surface area contributed by atoms with Gasteiger partial charge in [0.25, 0.3) is 0 Å². The van der Waals surface area contributed by atoms with Crippen LogP contribution in [0.25, 0.3) is 11.1 Å². The normalized spacial score (nSPS) is 15.7. The molecule has 5 aromatic rings. The largest absolute Gasteiger partial charge is 0.449 e. The Morgan fingerprint density at radius 2 is 1.35 bits per heavy atom. The van der Waals surface area contributed by atoms with Crippen molar-refractivity contribution in [2.75, 3.05) is 33.6 Å². The van der Waals surface area contributed by atoms with Crippen molar-refractivity contribution < 1.29 is 33.4 Å². The molecule has 60 heavy (non-hydrogen) atoms. The molecule has 0 fully saturated rings. The summed E-state index contributed by atoms with van der Waals surface area (Å²) in [5.74, 6) is -0.910. The van der Waals surface area contributed by atoms with Gasteiger partial charge >= 0.3 is 12.2 Å². The van der Waals surface area contributed by atoms with Crippen molar-refractivity contribution >= 4 is 52.7 Å². The number of nitrogens with one attached hydrogen (secondary N) is 3. The van der Waals surface area contributed by atoms with Crippen LogP contribution in [0.2, 0.25) is 0 Å². The average molecular weight is 809 g/mol. The Hall–Kier alpha value is -6.99. The van der Waals surface area contributed by atoms with Gasteiger partial charge in [-0.15, -0.1) is 0 Å². The molecule has 13 nitrogen and oxygen atoms in total. The molecule has 2 aliphatic rings. The number of nitrogens with two attached hydrogens (primary N) is 1. The zero-order valence-corrected chi connectivity index (χ0v) is 33.7. The number of para-hydroxylation sites is 1. The highest BCUT2D eigenvalue weighted by molar-refractivity contribution is 5.97. The van der Waals surface area contributed by atoms with Crippen LogP contribution >= 0.6 is 0 Å². The van der Waals surface area contributed by atoms with E-state index >= 15 is 0 Å². The minimum Gasteiger partial charge on any atom is -0.449 e. The van der Waals surface area contributed by atoms with E-state index in [1.54, 1.807) is 65.3 Å². The molecular formula is C47H48N6O7. The summed E-state index contributed by atoms with van der Waals surface area (Å²) in [6.07, 6.45) is -0.555. The van der Waals surface area contributed by atoms with E-state index in [9.17, 15) is 24.0 Å². The van der Waals surface area contributed by atoms with Gasteiger partial charge in [0.1, 0.15) is 19.8 Å². The van der Waals surface area contributed by atoms with Gasteiger partial charge in [-0.25, -0.2) is 9.59 Å². The second-order valence-corrected chi connectivity index (χ2v) is 15.0. The van der Waals surface area contributed by atoms with E-state index in [0.717, 1.165) is 33.5 Å². The van der Waals surface area contributed by atoms with E-state index < -0.39 is 30.2 Å². The van der Waals surface area contributed by atoms with Gasteiger partial charge in [0.05, 0.1) is 12.1 Å². The van der Waals surface area contributed by atoms with Crippen LogP contribution in [0.3, 0.4) is 0 Å². The Kier molecular flexibility index (Phi) is 12.6. The number of carbonyl (C=O) groups excluding carboxylic acids is 5. The number of alkyl carbamates (subject to hydrolysis) is 1. The molecule has 0 unspecified atom stereocenters. The zero-order valence-electron chi connectivity index (χ0n) is 33.7. The molecule has 0 radical (unpaired) electrons. The first-order chi connectivity index (χ1) is 29.0. The summed E-state index contributed by atoms with van der Waals surface area (Å²) in [5, 5.41) is 8.07. The van der Waals surface area contributed by atoms with Crippen LogP contribution in [0.4, 0.5) is 32.3 Å². The summed E-state index contributed by atoms with van der Waals surface area (Å²) >= 11 is 0. The molecule has 7 rings (SSSR count). The highest BCUT2D eigenvalue weighted by Gasteiger charge is 2.39. The number of benzene rings is 5. The second-order valence-electron chi connectivity index (χ2n) is 15.0. The van der Waals surface area contributed by atoms with Crippen LogP contribution in [0.1, 0.15) is 67.8 Å². The van der Waals surface area contributed by atoms with Gasteiger partial charge in [-0.05, 0) is 96.1 Å². The number of nitrogens with zero attached hydrogens (tertiary/aromatic N) is 2. The SMILES string of the molecule is CCC(=O)N1c2ccccc2[C@H](N(C(=O)OCc2ccc(NC(=O)[C@H](C)N)cc2)c2ccc(NC(=O)CNC(=O)OCC3c4ccccc4-c4ccccc43)cc2)C[C@@H]1C. The van der Waals surface area contributed by atoms with Crippen molar-refractivity contribution in [1.29, 1.82) is 0 Å². The Labute approximate surface area is 348 Å². The Bertz CT molecular complexity index is 2340. The van der Waals surface area contributed by atoms with Crippen LogP contribution in [-0.4, -0.2) is 55.1 Å². The van der Waals surface area contributed by atoms with Gasteiger partial charge < -0.3 is 36.1 Å². The number of anilines is 4. The number of carbonyl (C=O) groups is 5. The highest BCUT2D eigenvalue weighted by atomic mass is 16.6. The average Bonchev–Trinajstić information content (AvgIpc) is 3.58. The van der Waals surface area contributed by atoms with Gasteiger partial charge in [0.15, 0.2) is 0 Å². The molecule has 1 aliphatic carbocycles. The number of fused-ring (bicyclic) bond motifs is 4. The lowest BCUT2D eigenvalue weighted by molar-refractivity contribution is -0.119. The molecule has 1 aliphatic heterocycles. The number of rotatable bonds is 12. The third-order valence-electron chi connectivity index (χ3n) is 10.8. The highest BCUT2D eigenvalue weighted by Crippen LogP contribution is 2.45. The predicted molar refractivity (Wildman–Crippen MR) is 231 cm³/mol. The first-order valence-corrected chi connectivity index (χ1v) is 20.0. The van der Waals surface area contributed by atoms with Crippen molar-refractivity contribution in [3.05, 3.63) is 144 Å². The van der Waals surface area contributed by atoms with Gasteiger partial charge in [0.2, 0.25) is 17.7 Å². The van der Waals surface area contributed by atoms with Crippen molar-refractivity contribution in [2.45, 2.75) is 64.3 Å². The lowest BCUT2D eigenvalue weighted by atomic mass is 9.90. The van der Waals surface area contributed by atoms with E-state index in [1.165, 1.54) is 0 Å². The standard InChI is InChI=1S/C47H48N6O7/c1-4-44(55)52-29(2)25-42(39-15-9-10-16-41(39)52)53(47(58)60-27-31-17-19-33(20-18-31)51-45(56)30(3)48)34-23-21-32(22-24-34)50-43(54)26-49-46(57)59-28-40-37-13-7-5-11-35(37)36-12-6-8-14-38(36)40/h5-24,29-30,40,42H,4,25-28,48H2,1-3H3,(H,49,57)(H,50,54)(H,51,56)/t29-,30-,42+/m0/s1. The summed E-state index contributed by atoms with van der Waals surface area (Å²) in [6.45, 7) is 5.13. The predicted octanol–water partition coefficient (Wildman–Crippen LogP) is 7.87. The van der Waals surface area contributed by atoms with Crippen LogP contribution in [0.5, 0.6) is 0 Å². The number of hydrogen-bond donors (Lipinski definition) is 4. The third kappa shape index (κ3) is 9.01. The number of amides is 5. The van der Waals surface area contributed by atoms with Crippen LogP contribution in [-0.2, 0) is 30.5 Å². The Morgan fingerprint density at radius 1 is 0.767 bits per heavy atom. The van der Waals surface area contributed by atoms with Gasteiger partial charge in [-0.1, -0.05) is 85.8 Å². The molecule has 3 atom stereocenters. The fourth-order valence-electron chi connectivity index (χ4n) is 7.86. The van der Waals surface area contributed by atoms with Crippen molar-refractivity contribution in [2.24, 2.45) is 5.73 Å². The molecular weight excluding hydrogens is 761 g/mol. The minimum absolute atomic E-state index is 0.0173. The monoisotopic (exact) mass is 808 g/mol. The molecule has 13 heteroatoms. The molecule has 308 valence electrons. The van der Waals surface area contributed by atoms with Crippen molar-refractivity contribution in [3.63, 3.8) is 0 Å². The second kappa shape index (κ2) is 18.3. The van der Waals surface area contributed by atoms with E-state index in [4.69, 9.17) is 15.2 Å². The summed E-state index contributed by atoms with van der Waals surface area (Å²) < 4.78 is 11.5. The molecule has 5 aromatic carbocycles. The van der Waals surface area contributed by atoms with E-state index in [-0.39, 0.29) is 43.5 Å². The molecule has 0 aromatic heterocycles. The number of hydrogen-bond acceptors (Lipinski definition) is 8. The molecule has 0 bridgehead atoms. The maximum absolute atomic E-state index is 14.2. The Morgan fingerprint density at radius 3 is 1.98 bits per heavy atom. The van der Waals surface area contributed by atoms with E-state index in [2.05, 4.69) is 28.1 Å². The molecule has 0 saturated heterocycles. The molecule has 0 saturated carbocycles. The topological polar surface area (TPSA) is 172 Å². The van der Waals surface area contributed by atoms with Gasteiger partial charge in [-0.2, -0.15) is 0 Å². The van der Waals surface area contributed by atoms with Gasteiger partial charge in [-0.3, -0.25) is 19.3 Å². The quantitative estimate of drug-likeness (QED) is 0.0986. The maximum Gasteiger partial charge on any atom is 0.415 e. The lowest BCUT2D eigenvalue weighted by Gasteiger charge is -2.43. The summed E-state index contributed by atoms with van der Waals surface area (Å²) in [6, 6.07) is 35.9. The maximum atomic E-state index is 14.2. The minimum atomic E-state index is -0.707.